The van der Waals surface area contributed by atoms with Crippen LogP contribution in [0.3, 0.4) is 0 Å². The van der Waals surface area contributed by atoms with E-state index in [0.29, 0.717) is 19.6 Å². The van der Waals surface area contributed by atoms with Gasteiger partial charge in [-0.05, 0) is 6.42 Å². The first-order valence-electron chi connectivity index (χ1n) is 5.46. The van der Waals surface area contributed by atoms with E-state index in [0.717, 1.165) is 0 Å². The van der Waals surface area contributed by atoms with Crippen molar-refractivity contribution in [3.8, 4) is 0 Å². The lowest BCUT2D eigenvalue weighted by Crippen LogP contribution is -2.71. The van der Waals surface area contributed by atoms with E-state index < -0.39 is 29.9 Å². The van der Waals surface area contributed by atoms with Crippen molar-refractivity contribution in [3.63, 3.8) is 0 Å². The third kappa shape index (κ3) is 1.28. The number of carbonyl (C=O) groups is 1. The van der Waals surface area contributed by atoms with E-state index in [-0.39, 0.29) is 12.5 Å². The average molecular weight is 230 g/mol. The summed E-state index contributed by atoms with van der Waals surface area (Å²) in [6.45, 7) is 0.856. The fraction of sp³-hybridized carbons (Fsp3) is 0.900. The molecule has 0 amide bonds. The van der Waals surface area contributed by atoms with Crippen molar-refractivity contribution in [3.05, 3.63) is 0 Å². The summed E-state index contributed by atoms with van der Waals surface area (Å²) in [5.74, 6) is -1.78. The van der Waals surface area contributed by atoms with E-state index in [2.05, 4.69) is 0 Å². The van der Waals surface area contributed by atoms with Crippen LogP contribution in [0.1, 0.15) is 12.8 Å². The van der Waals surface area contributed by atoms with Crippen molar-refractivity contribution < 1.29 is 29.2 Å². The normalized spacial score (nSPS) is 52.2. The van der Waals surface area contributed by atoms with Gasteiger partial charge in [-0.15, -0.1) is 0 Å². The van der Waals surface area contributed by atoms with E-state index in [1.54, 1.807) is 0 Å². The molecule has 2 heterocycles. The molecule has 3 fully saturated rings. The molecule has 6 heteroatoms. The number of Topliss-reactive ketones (excluding diaryl/α,β-unsaturated/α-hetero) is 1. The summed E-state index contributed by atoms with van der Waals surface area (Å²) in [7, 11) is 0. The van der Waals surface area contributed by atoms with Crippen molar-refractivity contribution in [1.29, 1.82) is 0 Å². The Morgan fingerprint density at radius 1 is 1.38 bits per heavy atom. The molecule has 2 N–H and O–H groups in total. The zero-order chi connectivity index (χ0) is 11.3. The Morgan fingerprint density at radius 2 is 2.19 bits per heavy atom. The number of carbonyl (C=O) groups excluding carboxylic acids is 1. The molecular weight excluding hydrogens is 216 g/mol. The lowest BCUT2D eigenvalue weighted by atomic mass is 9.83. The first kappa shape index (κ1) is 10.6. The largest absolute Gasteiger partial charge is 0.384 e. The average Bonchev–Trinajstić information content (AvgIpc) is 2.29. The van der Waals surface area contributed by atoms with Crippen LogP contribution < -0.4 is 0 Å². The van der Waals surface area contributed by atoms with E-state index in [4.69, 9.17) is 14.2 Å². The molecule has 0 unspecified atom stereocenters. The molecule has 6 nitrogen and oxygen atoms in total. The number of rotatable bonds is 0. The zero-order valence-corrected chi connectivity index (χ0v) is 8.67. The van der Waals surface area contributed by atoms with Crippen LogP contribution in [-0.2, 0) is 19.0 Å². The molecule has 0 radical (unpaired) electrons. The zero-order valence-electron chi connectivity index (χ0n) is 8.67. The molecular formula is C10H14O6. The quantitative estimate of drug-likeness (QED) is 0.531. The van der Waals surface area contributed by atoms with Crippen LogP contribution in [0.5, 0.6) is 0 Å². The number of aliphatic hydroxyl groups excluding tert-OH is 2. The van der Waals surface area contributed by atoms with E-state index >= 15 is 0 Å². The van der Waals surface area contributed by atoms with Crippen molar-refractivity contribution in [2.75, 3.05) is 13.2 Å². The van der Waals surface area contributed by atoms with Gasteiger partial charge in [-0.2, -0.15) is 0 Å². The molecule has 90 valence electrons. The van der Waals surface area contributed by atoms with Crippen molar-refractivity contribution >= 4 is 5.78 Å². The topological polar surface area (TPSA) is 85.2 Å². The van der Waals surface area contributed by atoms with Gasteiger partial charge in [0.1, 0.15) is 18.3 Å². The Bertz CT molecular complexity index is 314. The van der Waals surface area contributed by atoms with E-state index in [1.807, 2.05) is 0 Å². The van der Waals surface area contributed by atoms with Gasteiger partial charge in [0.05, 0.1) is 19.3 Å². The molecule has 5 atom stereocenters. The second-order valence-electron chi connectivity index (χ2n) is 4.48. The molecule has 2 aliphatic heterocycles. The minimum atomic E-state index is -1.45. The fourth-order valence-electron chi connectivity index (χ4n) is 2.58. The van der Waals surface area contributed by atoms with Crippen LogP contribution in [0.25, 0.3) is 0 Å². The second-order valence-corrected chi connectivity index (χ2v) is 4.48. The summed E-state index contributed by atoms with van der Waals surface area (Å²) >= 11 is 0. The highest BCUT2D eigenvalue weighted by atomic mass is 16.8. The van der Waals surface area contributed by atoms with Gasteiger partial charge in [0, 0.05) is 6.42 Å². The highest BCUT2D eigenvalue weighted by molar-refractivity contribution is 5.85. The summed E-state index contributed by atoms with van der Waals surface area (Å²) in [5, 5.41) is 19.5. The molecule has 0 aromatic carbocycles. The molecule has 0 aromatic heterocycles. The van der Waals surface area contributed by atoms with Gasteiger partial charge < -0.3 is 24.4 Å². The van der Waals surface area contributed by atoms with Crippen LogP contribution in [0.15, 0.2) is 0 Å². The van der Waals surface area contributed by atoms with Gasteiger partial charge in [0.15, 0.2) is 5.78 Å². The Labute approximate surface area is 92.1 Å². The Hall–Kier alpha value is -0.530. The standard InChI is InChI=1S/C10H14O6/c11-6-3-7-10(9(13)8(6)12)15-2-1-5(16-10)4-14-7/h5,7-9,12-13H,1-4H2/t5-,7+,8+,9+,10+/m0/s1. The molecule has 2 bridgehead atoms. The molecule has 1 spiro atoms. The van der Waals surface area contributed by atoms with E-state index in [1.165, 1.54) is 0 Å². The summed E-state index contributed by atoms with van der Waals surface area (Å²) in [4.78, 5) is 11.4. The molecule has 16 heavy (non-hydrogen) atoms. The number of ether oxygens (including phenoxy) is 3. The first-order valence-corrected chi connectivity index (χ1v) is 5.46. The predicted octanol–water partition coefficient (Wildman–Crippen LogP) is -1.42. The van der Waals surface area contributed by atoms with Gasteiger partial charge in [-0.25, -0.2) is 0 Å². The minimum Gasteiger partial charge on any atom is -0.384 e. The van der Waals surface area contributed by atoms with Gasteiger partial charge in [-0.3, -0.25) is 4.79 Å². The fourth-order valence-corrected chi connectivity index (χ4v) is 2.58. The second kappa shape index (κ2) is 3.48. The third-order valence-corrected chi connectivity index (χ3v) is 3.48. The maximum absolute atomic E-state index is 11.4. The smallest absolute Gasteiger partial charge is 0.225 e. The summed E-state index contributed by atoms with van der Waals surface area (Å²) in [6, 6.07) is 0. The number of ketones is 1. The maximum atomic E-state index is 11.4. The highest BCUT2D eigenvalue weighted by Crippen LogP contribution is 2.41. The van der Waals surface area contributed by atoms with Crippen LogP contribution in [0.2, 0.25) is 0 Å². The summed E-state index contributed by atoms with van der Waals surface area (Å²) in [5.41, 5.74) is 0. The number of aliphatic hydroxyl groups is 2. The lowest BCUT2D eigenvalue weighted by molar-refractivity contribution is -0.410. The SMILES string of the molecule is O=C1C[C@H]2OC[C@@H]3CCO[C@]2(O3)[C@H](O)[C@@H]1O. The Morgan fingerprint density at radius 3 is 3.00 bits per heavy atom. The summed E-state index contributed by atoms with van der Waals surface area (Å²) in [6.07, 6.45) is -2.84. The lowest BCUT2D eigenvalue weighted by Gasteiger charge is -2.53. The van der Waals surface area contributed by atoms with Crippen LogP contribution >= 0.6 is 0 Å². The number of hydrogen-bond acceptors (Lipinski definition) is 6. The van der Waals surface area contributed by atoms with Gasteiger partial charge >= 0.3 is 0 Å². The van der Waals surface area contributed by atoms with Crippen molar-refractivity contribution in [1.82, 2.24) is 0 Å². The predicted molar refractivity (Wildman–Crippen MR) is 49.6 cm³/mol. The Balaban J connectivity index is 1.94. The van der Waals surface area contributed by atoms with Gasteiger partial charge in [0.2, 0.25) is 5.79 Å². The van der Waals surface area contributed by atoms with Crippen LogP contribution in [0.4, 0.5) is 0 Å². The van der Waals surface area contributed by atoms with E-state index in [9.17, 15) is 15.0 Å². The van der Waals surface area contributed by atoms with Crippen molar-refractivity contribution in [2.24, 2.45) is 0 Å². The molecule has 2 saturated heterocycles. The van der Waals surface area contributed by atoms with Gasteiger partial charge in [-0.1, -0.05) is 0 Å². The highest BCUT2D eigenvalue weighted by Gasteiger charge is 2.61. The third-order valence-electron chi connectivity index (χ3n) is 3.48. The van der Waals surface area contributed by atoms with Crippen molar-refractivity contribution in [2.45, 2.75) is 43.0 Å². The number of hydrogen-bond donors (Lipinski definition) is 2. The van der Waals surface area contributed by atoms with Crippen LogP contribution in [-0.4, -0.2) is 59.4 Å². The molecule has 1 aliphatic carbocycles. The minimum absolute atomic E-state index is 0.0188. The van der Waals surface area contributed by atoms with Gasteiger partial charge in [0.25, 0.3) is 0 Å². The maximum Gasteiger partial charge on any atom is 0.225 e. The number of fused-ring (bicyclic) bond motifs is 1. The Kier molecular flexibility index (Phi) is 2.31. The molecule has 0 aromatic rings. The molecule has 3 rings (SSSR count). The molecule has 3 aliphatic rings. The summed E-state index contributed by atoms with van der Waals surface area (Å²) < 4.78 is 16.6. The molecule has 1 saturated carbocycles. The monoisotopic (exact) mass is 230 g/mol. The first-order chi connectivity index (χ1) is 7.63. The van der Waals surface area contributed by atoms with Crippen LogP contribution in [0, 0.1) is 0 Å².